The van der Waals surface area contributed by atoms with Crippen LogP contribution in [0.3, 0.4) is 0 Å². The molecule has 1 aliphatic carbocycles. The first kappa shape index (κ1) is 11.2. The number of halogens is 1. The van der Waals surface area contributed by atoms with E-state index in [1.54, 1.807) is 7.11 Å². The van der Waals surface area contributed by atoms with Gasteiger partial charge in [0, 0.05) is 17.3 Å². The van der Waals surface area contributed by atoms with Crippen molar-refractivity contribution < 1.29 is 9.53 Å². The lowest BCUT2D eigenvalue weighted by Gasteiger charge is -2.23. The van der Waals surface area contributed by atoms with Crippen molar-refractivity contribution in [3.05, 3.63) is 28.2 Å². The maximum absolute atomic E-state index is 12.0. The van der Waals surface area contributed by atoms with E-state index in [9.17, 15) is 4.79 Å². The molecule has 1 aromatic carbocycles. The Hall–Kier alpha value is -0.870. The average molecular weight is 296 g/mol. The Morgan fingerprint density at radius 2 is 2.24 bits per heavy atom. The number of ether oxygens (including phenoxy) is 1. The molecule has 0 radical (unpaired) electrons. The molecule has 17 heavy (non-hydrogen) atoms. The minimum Gasteiger partial charge on any atom is -0.376 e. The van der Waals surface area contributed by atoms with Gasteiger partial charge in [-0.15, -0.1) is 0 Å². The van der Waals surface area contributed by atoms with Gasteiger partial charge in [0.1, 0.15) is 0 Å². The molecule has 0 atom stereocenters. The third-order valence-electron chi connectivity index (χ3n) is 3.66. The molecule has 0 bridgehead atoms. The molecule has 0 unspecified atom stereocenters. The highest BCUT2D eigenvalue weighted by atomic mass is 79.9. The van der Waals surface area contributed by atoms with Gasteiger partial charge in [0.2, 0.25) is 5.91 Å². The summed E-state index contributed by atoms with van der Waals surface area (Å²) >= 11 is 3.44. The second kappa shape index (κ2) is 3.82. The standard InChI is InChI=1S/C13H14BrNO2/c1-17-13(4-5-13)8-15-11-3-2-10(14)6-9(11)7-12(15)16/h2-3,6H,4-5,7-8H2,1H3. The minimum absolute atomic E-state index is 0.0790. The Bertz CT molecular complexity index is 482. The Morgan fingerprint density at radius 3 is 2.88 bits per heavy atom. The number of methoxy groups -OCH3 is 1. The Kier molecular flexibility index (Phi) is 2.52. The highest BCUT2D eigenvalue weighted by Crippen LogP contribution is 2.42. The summed E-state index contributed by atoms with van der Waals surface area (Å²) in [6.45, 7) is 0.691. The van der Waals surface area contributed by atoms with Crippen LogP contribution < -0.4 is 4.90 Å². The van der Waals surface area contributed by atoms with Crippen molar-refractivity contribution >= 4 is 27.5 Å². The summed E-state index contributed by atoms with van der Waals surface area (Å²) in [4.78, 5) is 13.9. The molecule has 3 nitrogen and oxygen atoms in total. The third-order valence-corrected chi connectivity index (χ3v) is 4.16. The van der Waals surface area contributed by atoms with Crippen molar-refractivity contribution in [2.45, 2.75) is 24.9 Å². The smallest absolute Gasteiger partial charge is 0.231 e. The molecule has 2 aliphatic rings. The van der Waals surface area contributed by atoms with Gasteiger partial charge in [0.25, 0.3) is 0 Å². The molecule has 0 spiro atoms. The third kappa shape index (κ3) is 1.89. The number of rotatable bonds is 3. The lowest BCUT2D eigenvalue weighted by atomic mass is 10.2. The summed E-state index contributed by atoms with van der Waals surface area (Å²) < 4.78 is 6.52. The minimum atomic E-state index is -0.0790. The molecule has 4 heteroatoms. The highest BCUT2D eigenvalue weighted by Gasteiger charge is 2.46. The van der Waals surface area contributed by atoms with Crippen LogP contribution in [0.15, 0.2) is 22.7 Å². The van der Waals surface area contributed by atoms with Crippen molar-refractivity contribution in [1.29, 1.82) is 0 Å². The van der Waals surface area contributed by atoms with Crippen LogP contribution in [-0.2, 0) is 16.0 Å². The molecule has 1 aliphatic heterocycles. The summed E-state index contributed by atoms with van der Waals surface area (Å²) in [7, 11) is 1.73. The number of nitrogens with zero attached hydrogens (tertiary/aromatic N) is 1. The number of hydrogen-bond acceptors (Lipinski definition) is 2. The summed E-state index contributed by atoms with van der Waals surface area (Å²) in [6.07, 6.45) is 2.62. The number of benzene rings is 1. The van der Waals surface area contributed by atoms with Crippen LogP contribution in [0.2, 0.25) is 0 Å². The molecule has 0 saturated heterocycles. The first-order valence-corrected chi connectivity index (χ1v) is 6.57. The topological polar surface area (TPSA) is 29.5 Å². The zero-order chi connectivity index (χ0) is 12.0. The van der Waals surface area contributed by atoms with Crippen LogP contribution >= 0.6 is 15.9 Å². The molecule has 3 rings (SSSR count). The number of carbonyl (C=O) groups is 1. The highest BCUT2D eigenvalue weighted by molar-refractivity contribution is 9.10. The average Bonchev–Trinajstić information content (AvgIpc) is 3.01. The van der Waals surface area contributed by atoms with Crippen LogP contribution in [-0.4, -0.2) is 25.2 Å². The lowest BCUT2D eigenvalue weighted by molar-refractivity contribution is -0.117. The van der Waals surface area contributed by atoms with Gasteiger partial charge in [0.15, 0.2) is 0 Å². The van der Waals surface area contributed by atoms with E-state index in [1.807, 2.05) is 23.1 Å². The molecule has 1 fully saturated rings. The number of fused-ring (bicyclic) bond motifs is 1. The van der Waals surface area contributed by atoms with Gasteiger partial charge in [-0.3, -0.25) is 4.79 Å². The van der Waals surface area contributed by atoms with E-state index in [0.29, 0.717) is 13.0 Å². The fourth-order valence-corrected chi connectivity index (χ4v) is 2.79. The normalized spacial score (nSPS) is 20.6. The van der Waals surface area contributed by atoms with E-state index in [2.05, 4.69) is 15.9 Å². The lowest BCUT2D eigenvalue weighted by Crippen LogP contribution is -2.37. The molecule has 0 N–H and O–H groups in total. The summed E-state index contributed by atoms with van der Waals surface area (Å²) in [5.74, 6) is 0.182. The van der Waals surface area contributed by atoms with Gasteiger partial charge in [-0.05, 0) is 36.6 Å². The summed E-state index contributed by atoms with van der Waals surface area (Å²) in [5, 5.41) is 0. The molecule has 1 heterocycles. The van der Waals surface area contributed by atoms with Gasteiger partial charge in [-0.25, -0.2) is 0 Å². The molecule has 1 amide bonds. The number of anilines is 1. The van der Waals surface area contributed by atoms with E-state index < -0.39 is 0 Å². The van der Waals surface area contributed by atoms with Crippen LogP contribution in [0.1, 0.15) is 18.4 Å². The van der Waals surface area contributed by atoms with Crippen LogP contribution in [0.5, 0.6) is 0 Å². The predicted octanol–water partition coefficient (Wildman–Crippen LogP) is 2.52. The molecule has 0 aromatic heterocycles. The van der Waals surface area contributed by atoms with E-state index in [0.717, 1.165) is 28.6 Å². The first-order valence-electron chi connectivity index (χ1n) is 5.77. The number of carbonyl (C=O) groups excluding carboxylic acids is 1. The van der Waals surface area contributed by atoms with E-state index in [4.69, 9.17) is 4.74 Å². The zero-order valence-corrected chi connectivity index (χ0v) is 11.3. The van der Waals surface area contributed by atoms with Crippen molar-refractivity contribution in [3.63, 3.8) is 0 Å². The maximum Gasteiger partial charge on any atom is 0.231 e. The maximum atomic E-state index is 12.0. The fraction of sp³-hybridized carbons (Fsp3) is 0.462. The van der Waals surface area contributed by atoms with Crippen LogP contribution in [0, 0.1) is 0 Å². The van der Waals surface area contributed by atoms with E-state index in [1.165, 1.54) is 0 Å². The van der Waals surface area contributed by atoms with Crippen LogP contribution in [0.25, 0.3) is 0 Å². The van der Waals surface area contributed by atoms with Crippen molar-refractivity contribution in [2.75, 3.05) is 18.6 Å². The molecule has 1 aromatic rings. The van der Waals surface area contributed by atoms with Crippen molar-refractivity contribution in [2.24, 2.45) is 0 Å². The monoisotopic (exact) mass is 295 g/mol. The van der Waals surface area contributed by atoms with Crippen molar-refractivity contribution in [3.8, 4) is 0 Å². The second-order valence-corrected chi connectivity index (χ2v) is 5.73. The first-order chi connectivity index (χ1) is 8.13. The van der Waals surface area contributed by atoms with Crippen LogP contribution in [0.4, 0.5) is 5.69 Å². The fourth-order valence-electron chi connectivity index (χ4n) is 2.38. The SMILES string of the molecule is COC1(CN2C(=O)Cc3cc(Br)ccc32)CC1. The van der Waals surface area contributed by atoms with E-state index >= 15 is 0 Å². The number of amides is 1. The molecule has 1 saturated carbocycles. The molecular formula is C13H14BrNO2. The van der Waals surface area contributed by atoms with E-state index in [-0.39, 0.29) is 11.5 Å². The summed E-state index contributed by atoms with van der Waals surface area (Å²) in [6, 6.07) is 6.02. The van der Waals surface area contributed by atoms with Gasteiger partial charge in [0.05, 0.1) is 18.6 Å². The second-order valence-electron chi connectivity index (χ2n) is 4.82. The molecule has 90 valence electrons. The van der Waals surface area contributed by atoms with Gasteiger partial charge < -0.3 is 9.64 Å². The van der Waals surface area contributed by atoms with Crippen molar-refractivity contribution in [1.82, 2.24) is 0 Å². The zero-order valence-electron chi connectivity index (χ0n) is 9.70. The number of hydrogen-bond donors (Lipinski definition) is 0. The van der Waals surface area contributed by atoms with Gasteiger partial charge in [-0.2, -0.15) is 0 Å². The quantitative estimate of drug-likeness (QED) is 0.858. The van der Waals surface area contributed by atoms with Gasteiger partial charge >= 0.3 is 0 Å². The Labute approximate surface area is 109 Å². The van der Waals surface area contributed by atoms with Gasteiger partial charge in [-0.1, -0.05) is 15.9 Å². The summed E-state index contributed by atoms with van der Waals surface area (Å²) in [5.41, 5.74) is 2.07. The Morgan fingerprint density at radius 1 is 1.47 bits per heavy atom. The predicted molar refractivity (Wildman–Crippen MR) is 69.2 cm³/mol. The largest absolute Gasteiger partial charge is 0.376 e. The Balaban J connectivity index is 1.89. The molecular weight excluding hydrogens is 282 g/mol.